The van der Waals surface area contributed by atoms with Gasteiger partial charge in [-0.05, 0) is 19.1 Å². The number of benzene rings is 1. The maximum absolute atomic E-state index is 9.56. The van der Waals surface area contributed by atoms with Gasteiger partial charge in [-0.15, -0.1) is 0 Å². The Balaban J connectivity index is 2.28. The molecule has 0 aliphatic rings. The highest BCUT2D eigenvalue weighted by molar-refractivity contribution is 5.32. The minimum atomic E-state index is -0.618. The van der Waals surface area contributed by atoms with Crippen molar-refractivity contribution in [2.24, 2.45) is 0 Å². The van der Waals surface area contributed by atoms with Crippen molar-refractivity contribution in [2.75, 3.05) is 26.9 Å². The predicted octanol–water partition coefficient (Wildman–Crippen LogP) is 0.976. The average Bonchev–Trinajstić information content (AvgIpc) is 2.37. The largest absolute Gasteiger partial charge is 0.497 e. The molecule has 0 saturated heterocycles. The molecule has 1 aromatic carbocycles. The van der Waals surface area contributed by atoms with Gasteiger partial charge in [0.2, 0.25) is 0 Å². The lowest BCUT2D eigenvalue weighted by molar-refractivity contribution is 0.00947. The maximum atomic E-state index is 9.56. The summed E-state index contributed by atoms with van der Waals surface area (Å²) in [6.45, 7) is 2.96. The molecule has 0 heterocycles. The first kappa shape index (κ1) is 13.8. The average molecular weight is 241 g/mol. The van der Waals surface area contributed by atoms with E-state index in [1.54, 1.807) is 13.2 Å². The zero-order valence-corrected chi connectivity index (χ0v) is 10.2. The Morgan fingerprint density at radius 3 is 2.82 bits per heavy atom. The minimum Gasteiger partial charge on any atom is -0.497 e. The second kappa shape index (κ2) is 7.89. The summed E-state index contributed by atoms with van der Waals surface area (Å²) in [4.78, 5) is 4.91. The number of aliphatic hydroxyl groups is 1. The quantitative estimate of drug-likeness (QED) is 0.525. The smallest absolute Gasteiger partial charge is 0.123 e. The molecular weight excluding hydrogens is 222 g/mol. The van der Waals surface area contributed by atoms with Crippen LogP contribution in [0.4, 0.5) is 0 Å². The van der Waals surface area contributed by atoms with Crippen molar-refractivity contribution in [2.45, 2.75) is 13.0 Å². The molecular formula is C12H19NO4. The fourth-order valence-corrected chi connectivity index (χ4v) is 1.20. The molecule has 0 fully saturated rings. The van der Waals surface area contributed by atoms with Crippen LogP contribution in [0.5, 0.6) is 11.5 Å². The summed E-state index contributed by atoms with van der Waals surface area (Å²) in [5, 5.41) is 9.56. The summed E-state index contributed by atoms with van der Waals surface area (Å²) in [6.07, 6.45) is -0.618. The summed E-state index contributed by atoms with van der Waals surface area (Å²) in [5.41, 5.74) is 2.64. The first-order chi connectivity index (χ1) is 8.26. The van der Waals surface area contributed by atoms with Gasteiger partial charge in [0.15, 0.2) is 0 Å². The van der Waals surface area contributed by atoms with Gasteiger partial charge in [0.05, 0.1) is 20.3 Å². The van der Waals surface area contributed by atoms with Crippen molar-refractivity contribution in [3.8, 4) is 11.5 Å². The first-order valence-electron chi connectivity index (χ1n) is 5.55. The van der Waals surface area contributed by atoms with Crippen LogP contribution in [-0.2, 0) is 4.84 Å². The van der Waals surface area contributed by atoms with Crippen LogP contribution < -0.4 is 15.0 Å². The summed E-state index contributed by atoms with van der Waals surface area (Å²) in [6, 6.07) is 7.24. The van der Waals surface area contributed by atoms with E-state index in [1.807, 2.05) is 25.1 Å². The molecule has 1 aromatic rings. The molecule has 5 heteroatoms. The third-order valence-corrected chi connectivity index (χ3v) is 2.05. The third kappa shape index (κ3) is 5.53. The molecule has 0 aliphatic carbocycles. The van der Waals surface area contributed by atoms with Crippen LogP contribution in [0.3, 0.4) is 0 Å². The van der Waals surface area contributed by atoms with Gasteiger partial charge in [-0.25, -0.2) is 0 Å². The molecule has 1 rings (SSSR count). The highest BCUT2D eigenvalue weighted by Gasteiger charge is 2.05. The van der Waals surface area contributed by atoms with Gasteiger partial charge in [-0.2, -0.15) is 5.48 Å². The third-order valence-electron chi connectivity index (χ3n) is 2.05. The maximum Gasteiger partial charge on any atom is 0.123 e. The van der Waals surface area contributed by atoms with Gasteiger partial charge >= 0.3 is 0 Å². The Hall–Kier alpha value is -1.30. The summed E-state index contributed by atoms with van der Waals surface area (Å²) < 4.78 is 10.5. The fourth-order valence-electron chi connectivity index (χ4n) is 1.20. The fraction of sp³-hybridized carbons (Fsp3) is 0.500. The Labute approximate surface area is 101 Å². The minimum absolute atomic E-state index is 0.202. The van der Waals surface area contributed by atoms with Crippen LogP contribution >= 0.6 is 0 Å². The molecule has 0 aliphatic heterocycles. The summed E-state index contributed by atoms with van der Waals surface area (Å²) in [7, 11) is 1.60. The Morgan fingerprint density at radius 2 is 2.12 bits per heavy atom. The molecule has 96 valence electrons. The topological polar surface area (TPSA) is 60.0 Å². The number of hydrogen-bond acceptors (Lipinski definition) is 5. The van der Waals surface area contributed by atoms with Gasteiger partial charge in [0.25, 0.3) is 0 Å². The van der Waals surface area contributed by atoms with Gasteiger partial charge in [0, 0.05) is 6.07 Å². The molecule has 1 unspecified atom stereocenters. The van der Waals surface area contributed by atoms with Gasteiger partial charge in [-0.3, -0.25) is 0 Å². The summed E-state index contributed by atoms with van der Waals surface area (Å²) in [5.74, 6) is 1.39. The monoisotopic (exact) mass is 241 g/mol. The standard InChI is InChI=1S/C12H19NO4/c1-3-17-13-8-10(14)9-16-12-6-4-5-11(7-12)15-2/h4-7,10,13-14H,3,8-9H2,1-2H3. The Bertz CT molecular complexity index is 319. The number of ether oxygens (including phenoxy) is 2. The Morgan fingerprint density at radius 1 is 1.35 bits per heavy atom. The molecule has 0 amide bonds. The second-order valence-electron chi connectivity index (χ2n) is 3.43. The lowest BCUT2D eigenvalue weighted by Crippen LogP contribution is -2.31. The number of rotatable bonds is 8. The predicted molar refractivity (Wildman–Crippen MR) is 64.1 cm³/mol. The molecule has 1 atom stereocenters. The van der Waals surface area contributed by atoms with Crippen LogP contribution in [0.25, 0.3) is 0 Å². The van der Waals surface area contributed by atoms with E-state index in [-0.39, 0.29) is 6.61 Å². The van der Waals surface area contributed by atoms with E-state index in [1.165, 1.54) is 0 Å². The van der Waals surface area contributed by atoms with Crippen molar-refractivity contribution in [3.05, 3.63) is 24.3 Å². The molecule has 0 bridgehead atoms. The highest BCUT2D eigenvalue weighted by atomic mass is 16.6. The van der Waals surface area contributed by atoms with E-state index in [2.05, 4.69) is 5.48 Å². The van der Waals surface area contributed by atoms with E-state index in [0.717, 1.165) is 5.75 Å². The first-order valence-corrected chi connectivity index (χ1v) is 5.55. The van der Waals surface area contributed by atoms with Gasteiger partial charge in [-0.1, -0.05) is 6.07 Å². The normalized spacial score (nSPS) is 12.2. The molecule has 0 aromatic heterocycles. The van der Waals surface area contributed by atoms with Crippen LogP contribution in [0.15, 0.2) is 24.3 Å². The number of aliphatic hydroxyl groups excluding tert-OH is 1. The number of hydrogen-bond donors (Lipinski definition) is 2. The summed E-state index contributed by atoms with van der Waals surface area (Å²) >= 11 is 0. The molecule has 17 heavy (non-hydrogen) atoms. The molecule has 0 spiro atoms. The highest BCUT2D eigenvalue weighted by Crippen LogP contribution is 2.18. The van der Waals surface area contributed by atoms with Crippen molar-refractivity contribution in [1.29, 1.82) is 0 Å². The van der Waals surface area contributed by atoms with E-state index >= 15 is 0 Å². The van der Waals surface area contributed by atoms with Crippen LogP contribution in [0.1, 0.15) is 6.92 Å². The van der Waals surface area contributed by atoms with E-state index in [4.69, 9.17) is 14.3 Å². The lowest BCUT2D eigenvalue weighted by atomic mass is 10.3. The van der Waals surface area contributed by atoms with E-state index in [9.17, 15) is 5.11 Å². The van der Waals surface area contributed by atoms with Crippen molar-refractivity contribution < 1.29 is 19.4 Å². The second-order valence-corrected chi connectivity index (χ2v) is 3.43. The molecule has 0 radical (unpaired) electrons. The van der Waals surface area contributed by atoms with Crippen LogP contribution in [0.2, 0.25) is 0 Å². The lowest BCUT2D eigenvalue weighted by Gasteiger charge is -2.13. The van der Waals surface area contributed by atoms with Crippen molar-refractivity contribution in [1.82, 2.24) is 5.48 Å². The van der Waals surface area contributed by atoms with Crippen molar-refractivity contribution in [3.63, 3.8) is 0 Å². The molecule has 5 nitrogen and oxygen atoms in total. The van der Waals surface area contributed by atoms with Crippen LogP contribution in [0, 0.1) is 0 Å². The number of nitrogens with one attached hydrogen (secondary N) is 1. The van der Waals surface area contributed by atoms with Crippen molar-refractivity contribution >= 4 is 0 Å². The number of methoxy groups -OCH3 is 1. The van der Waals surface area contributed by atoms with Gasteiger partial charge in [0.1, 0.15) is 24.2 Å². The van der Waals surface area contributed by atoms with E-state index < -0.39 is 6.10 Å². The molecule has 0 saturated carbocycles. The zero-order valence-electron chi connectivity index (χ0n) is 10.2. The van der Waals surface area contributed by atoms with Crippen LogP contribution in [-0.4, -0.2) is 38.1 Å². The SMILES string of the molecule is CCONCC(O)COc1cccc(OC)c1. The Kier molecular flexibility index (Phi) is 6.39. The zero-order chi connectivity index (χ0) is 12.5. The molecule has 2 N–H and O–H groups in total. The van der Waals surface area contributed by atoms with Gasteiger partial charge < -0.3 is 19.4 Å². The van der Waals surface area contributed by atoms with E-state index in [0.29, 0.717) is 18.9 Å². The number of hydroxylamine groups is 1.